The van der Waals surface area contributed by atoms with Crippen molar-refractivity contribution < 1.29 is 33.9 Å². The fourth-order valence-corrected chi connectivity index (χ4v) is 4.34. The molecule has 2 aromatic rings. The van der Waals surface area contributed by atoms with Crippen LogP contribution in [0.2, 0.25) is 5.02 Å². The van der Waals surface area contributed by atoms with Crippen molar-refractivity contribution in [2.45, 2.75) is 48.8 Å². The Kier molecular flexibility index (Phi) is 7.73. The summed E-state index contributed by atoms with van der Waals surface area (Å²) >= 11 is 7.46. The maximum Gasteiger partial charge on any atom is 0.172 e. The highest BCUT2D eigenvalue weighted by Gasteiger charge is 2.44. The van der Waals surface area contributed by atoms with Gasteiger partial charge in [-0.1, -0.05) is 36.7 Å². The van der Waals surface area contributed by atoms with Gasteiger partial charge in [-0.3, -0.25) is 0 Å². The van der Waals surface area contributed by atoms with Crippen LogP contribution in [0.3, 0.4) is 0 Å². The zero-order valence-electron chi connectivity index (χ0n) is 16.1. The maximum absolute atomic E-state index is 14.5. The first-order valence-electron chi connectivity index (χ1n) is 9.47. The van der Waals surface area contributed by atoms with E-state index in [1.165, 1.54) is 30.0 Å². The summed E-state index contributed by atoms with van der Waals surface area (Å²) in [6, 6.07) is 7.70. The predicted molar refractivity (Wildman–Crippen MR) is 110 cm³/mol. The van der Waals surface area contributed by atoms with Crippen LogP contribution in [0.1, 0.15) is 29.7 Å². The summed E-state index contributed by atoms with van der Waals surface area (Å²) in [7, 11) is 0. The first-order valence-corrected chi connectivity index (χ1v) is 10.8. The van der Waals surface area contributed by atoms with E-state index >= 15 is 0 Å². The van der Waals surface area contributed by atoms with Crippen LogP contribution in [-0.2, 0) is 11.2 Å². The Labute approximate surface area is 182 Å². The Hall–Kier alpha value is -1.26. The van der Waals surface area contributed by atoms with Gasteiger partial charge in [0.25, 0.3) is 0 Å². The molecule has 1 fully saturated rings. The molecule has 1 saturated heterocycles. The molecule has 0 bridgehead atoms. The second-order valence-electron chi connectivity index (χ2n) is 7.06. The van der Waals surface area contributed by atoms with Crippen LogP contribution in [0.15, 0.2) is 35.2 Å². The number of ether oxygens (including phenoxy) is 1. The average molecular weight is 461 g/mol. The fourth-order valence-electron chi connectivity index (χ4n) is 3.46. The van der Waals surface area contributed by atoms with E-state index in [2.05, 4.69) is 0 Å². The smallest absolute Gasteiger partial charge is 0.172 e. The lowest BCUT2D eigenvalue weighted by Gasteiger charge is -2.40. The first-order chi connectivity index (χ1) is 14.3. The normalized spacial score (nSPS) is 26.7. The summed E-state index contributed by atoms with van der Waals surface area (Å²) in [5, 5.41) is 40.0. The van der Waals surface area contributed by atoms with Crippen molar-refractivity contribution in [2.75, 3.05) is 12.4 Å². The van der Waals surface area contributed by atoms with E-state index in [9.17, 15) is 29.2 Å². The van der Waals surface area contributed by atoms with Crippen LogP contribution in [0.4, 0.5) is 8.78 Å². The lowest BCUT2D eigenvalue weighted by Crippen LogP contribution is -2.55. The number of benzene rings is 2. The van der Waals surface area contributed by atoms with E-state index in [4.69, 9.17) is 16.3 Å². The van der Waals surface area contributed by atoms with Crippen LogP contribution in [0.5, 0.6) is 0 Å². The number of aliphatic hydroxyl groups excluding tert-OH is 4. The number of aliphatic hydroxyl groups is 4. The van der Waals surface area contributed by atoms with Gasteiger partial charge in [0.15, 0.2) is 11.6 Å². The number of hydrogen-bond donors (Lipinski definition) is 4. The van der Waals surface area contributed by atoms with Gasteiger partial charge in [-0.05, 0) is 34.6 Å². The highest BCUT2D eigenvalue weighted by Crippen LogP contribution is 2.35. The molecular weight excluding hydrogens is 438 g/mol. The number of thioether (sulfide) groups is 1. The Morgan fingerprint density at radius 3 is 2.40 bits per heavy atom. The van der Waals surface area contributed by atoms with Crippen molar-refractivity contribution in [1.29, 1.82) is 0 Å². The van der Waals surface area contributed by atoms with Crippen LogP contribution < -0.4 is 0 Å². The van der Waals surface area contributed by atoms with E-state index in [1.807, 2.05) is 6.92 Å². The lowest BCUT2D eigenvalue weighted by atomic mass is 9.90. The third-order valence-corrected chi connectivity index (χ3v) is 6.38. The van der Waals surface area contributed by atoms with Crippen LogP contribution in [-0.4, -0.2) is 57.2 Å². The molecule has 2 aromatic carbocycles. The third-order valence-electron chi connectivity index (χ3n) is 5.10. The standard InChI is InChI=1S/C21H23ClF2O5S/c1-2-30-15-6-4-10(16(23)17(15)24)7-12-8-11(3-5-13(12)22)21-20(28)19(27)18(26)14(9-25)29-21/h3-6,8,14,18-21,25-28H,2,7,9H2,1H3/t14-,18-,19+,20-,21+/m1/s1. The molecule has 3 rings (SSSR count). The second-order valence-corrected chi connectivity index (χ2v) is 8.77. The molecule has 9 heteroatoms. The third kappa shape index (κ3) is 4.65. The number of rotatable bonds is 6. The number of halogens is 3. The van der Waals surface area contributed by atoms with E-state index in [1.54, 1.807) is 12.1 Å². The molecule has 1 aliphatic rings. The van der Waals surface area contributed by atoms with E-state index < -0.39 is 48.8 Å². The van der Waals surface area contributed by atoms with Crippen molar-refractivity contribution in [2.24, 2.45) is 0 Å². The van der Waals surface area contributed by atoms with Crippen molar-refractivity contribution >= 4 is 23.4 Å². The SMILES string of the molecule is CCSc1ccc(Cc2cc([C@@H]3O[C@H](CO)[C@@H](O)[C@H](O)[C@H]3O)ccc2Cl)c(F)c1F. The Morgan fingerprint density at radius 2 is 1.73 bits per heavy atom. The molecule has 0 saturated carbocycles. The Balaban J connectivity index is 1.90. The maximum atomic E-state index is 14.5. The van der Waals surface area contributed by atoms with Gasteiger partial charge in [0.2, 0.25) is 0 Å². The zero-order chi connectivity index (χ0) is 22.0. The Morgan fingerprint density at radius 1 is 1.00 bits per heavy atom. The molecule has 0 aromatic heterocycles. The van der Waals surface area contributed by atoms with Crippen LogP contribution >= 0.6 is 23.4 Å². The average Bonchev–Trinajstić information content (AvgIpc) is 2.73. The second kappa shape index (κ2) is 9.91. The van der Waals surface area contributed by atoms with Gasteiger partial charge in [-0.15, -0.1) is 11.8 Å². The van der Waals surface area contributed by atoms with Gasteiger partial charge in [-0.2, -0.15) is 0 Å². The van der Waals surface area contributed by atoms with Crippen molar-refractivity contribution in [3.63, 3.8) is 0 Å². The fraction of sp³-hybridized carbons (Fsp3) is 0.429. The molecule has 5 atom stereocenters. The van der Waals surface area contributed by atoms with Crippen LogP contribution in [0, 0.1) is 11.6 Å². The minimum atomic E-state index is -1.52. The summed E-state index contributed by atoms with van der Waals surface area (Å²) in [6.07, 6.45) is -6.52. The van der Waals surface area contributed by atoms with Gasteiger partial charge >= 0.3 is 0 Å². The van der Waals surface area contributed by atoms with Crippen molar-refractivity contribution in [3.8, 4) is 0 Å². The Bertz CT molecular complexity index is 898. The summed E-state index contributed by atoms with van der Waals surface area (Å²) < 4.78 is 34.4. The van der Waals surface area contributed by atoms with E-state index in [0.717, 1.165) is 0 Å². The van der Waals surface area contributed by atoms with Crippen molar-refractivity contribution in [1.82, 2.24) is 0 Å². The monoisotopic (exact) mass is 460 g/mol. The topological polar surface area (TPSA) is 90.2 Å². The van der Waals surface area contributed by atoms with Gasteiger partial charge in [0, 0.05) is 16.3 Å². The molecule has 4 N–H and O–H groups in total. The highest BCUT2D eigenvalue weighted by molar-refractivity contribution is 7.99. The molecule has 30 heavy (non-hydrogen) atoms. The molecule has 1 heterocycles. The molecule has 164 valence electrons. The summed E-state index contributed by atoms with van der Waals surface area (Å²) in [6.45, 7) is 1.30. The largest absolute Gasteiger partial charge is 0.394 e. The highest BCUT2D eigenvalue weighted by atomic mass is 35.5. The molecule has 0 aliphatic carbocycles. The lowest BCUT2D eigenvalue weighted by molar-refractivity contribution is -0.231. The quantitative estimate of drug-likeness (QED) is 0.496. The molecule has 0 amide bonds. The van der Waals surface area contributed by atoms with Gasteiger partial charge in [0.05, 0.1) is 6.61 Å². The van der Waals surface area contributed by atoms with Crippen molar-refractivity contribution in [3.05, 3.63) is 63.7 Å². The zero-order valence-corrected chi connectivity index (χ0v) is 17.7. The first kappa shape index (κ1) is 23.4. The van der Waals surface area contributed by atoms with Gasteiger partial charge in [0.1, 0.15) is 30.5 Å². The molecule has 5 nitrogen and oxygen atoms in total. The molecule has 0 unspecified atom stereocenters. The molecule has 0 radical (unpaired) electrons. The predicted octanol–water partition coefficient (Wildman–Crippen LogP) is 2.84. The summed E-state index contributed by atoms with van der Waals surface area (Å²) in [5.41, 5.74) is 1.02. The van der Waals surface area contributed by atoms with E-state index in [0.29, 0.717) is 21.9 Å². The summed E-state index contributed by atoms with van der Waals surface area (Å²) in [4.78, 5) is 0.236. The molecular formula is C21H23ClF2O5S. The minimum Gasteiger partial charge on any atom is -0.394 e. The van der Waals surface area contributed by atoms with E-state index in [-0.39, 0.29) is 16.9 Å². The minimum absolute atomic E-state index is 0.00389. The van der Waals surface area contributed by atoms with Gasteiger partial charge in [-0.25, -0.2) is 8.78 Å². The molecule has 1 aliphatic heterocycles. The molecule has 0 spiro atoms. The van der Waals surface area contributed by atoms with Gasteiger partial charge < -0.3 is 25.2 Å². The summed E-state index contributed by atoms with van der Waals surface area (Å²) in [5.74, 6) is -1.23. The number of hydrogen-bond acceptors (Lipinski definition) is 6. The van der Waals surface area contributed by atoms with Crippen LogP contribution in [0.25, 0.3) is 0 Å².